The number of rotatable bonds is 4. The van der Waals surface area contributed by atoms with Crippen molar-refractivity contribution in [3.05, 3.63) is 57.0 Å². The third kappa shape index (κ3) is 6.01. The predicted molar refractivity (Wildman–Crippen MR) is 98.4 cm³/mol. The van der Waals surface area contributed by atoms with Gasteiger partial charge in [-0.05, 0) is 48.9 Å². The van der Waals surface area contributed by atoms with E-state index in [0.29, 0.717) is 26.5 Å². The fourth-order valence-corrected chi connectivity index (χ4v) is 2.34. The fraction of sp³-hybridized carbons (Fsp3) is 0.125. The first-order chi connectivity index (χ1) is 11.8. The smallest absolute Gasteiger partial charge is 0.337 e. The molecule has 0 radical (unpaired) electrons. The number of carbonyl (C=O) groups excluding carboxylic acids is 2. The van der Waals surface area contributed by atoms with Gasteiger partial charge in [0.15, 0.2) is 6.61 Å². The van der Waals surface area contributed by atoms with Crippen LogP contribution < -0.4 is 20.9 Å². The number of nitrogens with one attached hydrogen (secondary N) is 3. The Kier molecular flexibility index (Phi) is 6.75. The highest BCUT2D eigenvalue weighted by Crippen LogP contribution is 2.25. The van der Waals surface area contributed by atoms with Gasteiger partial charge in [0.2, 0.25) is 0 Å². The summed E-state index contributed by atoms with van der Waals surface area (Å²) >= 11 is 17.5. The molecule has 2 aromatic carbocycles. The van der Waals surface area contributed by atoms with Crippen molar-refractivity contribution in [1.29, 1.82) is 0 Å². The van der Waals surface area contributed by atoms with Crippen LogP contribution in [0.4, 0.5) is 10.5 Å². The third-order valence-electron chi connectivity index (χ3n) is 2.99. The van der Waals surface area contributed by atoms with Crippen molar-refractivity contribution >= 4 is 52.4 Å². The maximum Gasteiger partial charge on any atom is 0.337 e. The van der Waals surface area contributed by atoms with Crippen LogP contribution in [0.25, 0.3) is 0 Å². The molecular formula is C16H14Cl3N3O3. The summed E-state index contributed by atoms with van der Waals surface area (Å²) in [6, 6.07) is 8.99. The number of benzene rings is 2. The average Bonchev–Trinajstić information content (AvgIpc) is 2.55. The largest absolute Gasteiger partial charge is 0.483 e. The van der Waals surface area contributed by atoms with Crippen LogP contribution in [0.2, 0.25) is 15.1 Å². The molecule has 0 fully saturated rings. The number of urea groups is 1. The van der Waals surface area contributed by atoms with Crippen molar-refractivity contribution < 1.29 is 14.3 Å². The molecule has 2 rings (SSSR count). The first-order valence-electron chi connectivity index (χ1n) is 7.05. The van der Waals surface area contributed by atoms with E-state index in [1.165, 1.54) is 6.07 Å². The van der Waals surface area contributed by atoms with E-state index in [0.717, 1.165) is 5.56 Å². The number of anilines is 1. The van der Waals surface area contributed by atoms with Crippen molar-refractivity contribution in [1.82, 2.24) is 10.9 Å². The number of aryl methyl sites for hydroxylation is 1. The van der Waals surface area contributed by atoms with Crippen LogP contribution in [0.1, 0.15) is 5.56 Å². The molecule has 0 bridgehead atoms. The molecular weight excluding hydrogens is 389 g/mol. The lowest BCUT2D eigenvalue weighted by atomic mass is 10.2. The molecule has 6 nitrogen and oxygen atoms in total. The summed E-state index contributed by atoms with van der Waals surface area (Å²) in [6.45, 7) is 1.54. The zero-order valence-electron chi connectivity index (χ0n) is 13.0. The molecule has 0 aromatic heterocycles. The Morgan fingerprint density at radius 2 is 1.76 bits per heavy atom. The maximum absolute atomic E-state index is 11.7. The minimum absolute atomic E-state index is 0.268. The summed E-state index contributed by atoms with van der Waals surface area (Å²) in [7, 11) is 0. The van der Waals surface area contributed by atoms with E-state index in [1.807, 2.05) is 6.92 Å². The standard InChI is InChI=1S/C16H14Cl3N3O3/c1-9-6-10(17)2-5-14(9)25-8-15(23)21-22-16(24)20-11-3-4-12(18)13(19)7-11/h2-7H,8H2,1H3,(H,21,23)(H2,20,22,24). The zero-order valence-corrected chi connectivity index (χ0v) is 15.3. The van der Waals surface area contributed by atoms with E-state index in [9.17, 15) is 9.59 Å². The van der Waals surface area contributed by atoms with Gasteiger partial charge >= 0.3 is 6.03 Å². The number of ether oxygens (including phenoxy) is 1. The normalized spacial score (nSPS) is 10.1. The molecule has 0 heterocycles. The average molecular weight is 403 g/mol. The lowest BCUT2D eigenvalue weighted by Gasteiger charge is -2.11. The van der Waals surface area contributed by atoms with Crippen LogP contribution in [0.3, 0.4) is 0 Å². The number of halogens is 3. The van der Waals surface area contributed by atoms with E-state index < -0.39 is 11.9 Å². The van der Waals surface area contributed by atoms with Gasteiger partial charge in [0.05, 0.1) is 10.0 Å². The van der Waals surface area contributed by atoms with E-state index in [1.54, 1.807) is 30.3 Å². The molecule has 0 aliphatic heterocycles. The summed E-state index contributed by atoms with van der Waals surface area (Å²) in [5.74, 6) is -0.00144. The van der Waals surface area contributed by atoms with Crippen molar-refractivity contribution in [3.8, 4) is 5.75 Å². The molecule has 0 aliphatic carbocycles. The zero-order chi connectivity index (χ0) is 18.4. The summed E-state index contributed by atoms with van der Waals surface area (Å²) in [5.41, 5.74) is 5.64. The Bertz CT molecular complexity index is 799. The van der Waals surface area contributed by atoms with Gasteiger partial charge in [-0.15, -0.1) is 0 Å². The molecule has 132 valence electrons. The maximum atomic E-state index is 11.7. The van der Waals surface area contributed by atoms with E-state index in [2.05, 4.69) is 16.2 Å². The second kappa shape index (κ2) is 8.80. The molecule has 25 heavy (non-hydrogen) atoms. The number of hydrazine groups is 1. The molecule has 9 heteroatoms. The van der Waals surface area contributed by atoms with E-state index >= 15 is 0 Å². The summed E-state index contributed by atoms with van der Waals surface area (Å²) in [4.78, 5) is 23.4. The minimum Gasteiger partial charge on any atom is -0.483 e. The third-order valence-corrected chi connectivity index (χ3v) is 3.96. The van der Waals surface area contributed by atoms with Crippen LogP contribution in [-0.2, 0) is 4.79 Å². The molecule has 0 atom stereocenters. The van der Waals surface area contributed by atoms with Crippen molar-refractivity contribution in [2.24, 2.45) is 0 Å². The predicted octanol–water partition coefficient (Wildman–Crippen LogP) is 4.19. The number of carbonyl (C=O) groups is 2. The Labute approximate surface area is 159 Å². The van der Waals surface area contributed by atoms with Gasteiger partial charge in [-0.1, -0.05) is 34.8 Å². The van der Waals surface area contributed by atoms with Crippen molar-refractivity contribution in [2.45, 2.75) is 6.92 Å². The Morgan fingerprint density at radius 3 is 2.44 bits per heavy atom. The molecule has 0 saturated carbocycles. The van der Waals surface area contributed by atoms with Gasteiger partial charge in [-0.2, -0.15) is 0 Å². The minimum atomic E-state index is -0.644. The molecule has 0 spiro atoms. The van der Waals surface area contributed by atoms with Crippen LogP contribution in [0.15, 0.2) is 36.4 Å². The van der Waals surface area contributed by atoms with Gasteiger partial charge in [0, 0.05) is 10.7 Å². The molecule has 0 unspecified atom stereocenters. The van der Waals surface area contributed by atoms with Gasteiger partial charge in [-0.3, -0.25) is 10.2 Å². The van der Waals surface area contributed by atoms with Crippen LogP contribution in [-0.4, -0.2) is 18.5 Å². The quantitative estimate of drug-likeness (QED) is 0.671. The molecule has 3 amide bonds. The fourth-order valence-electron chi connectivity index (χ4n) is 1.82. The molecule has 3 N–H and O–H groups in total. The highest BCUT2D eigenvalue weighted by Gasteiger charge is 2.08. The molecule has 2 aromatic rings. The van der Waals surface area contributed by atoms with Gasteiger partial charge in [-0.25, -0.2) is 10.2 Å². The van der Waals surface area contributed by atoms with E-state index in [4.69, 9.17) is 39.5 Å². The van der Waals surface area contributed by atoms with Crippen LogP contribution in [0.5, 0.6) is 5.75 Å². The highest BCUT2D eigenvalue weighted by atomic mass is 35.5. The van der Waals surface area contributed by atoms with Gasteiger partial charge in [0.1, 0.15) is 5.75 Å². The monoisotopic (exact) mass is 401 g/mol. The topological polar surface area (TPSA) is 79.5 Å². The first-order valence-corrected chi connectivity index (χ1v) is 8.18. The van der Waals surface area contributed by atoms with Gasteiger partial charge < -0.3 is 10.1 Å². The van der Waals surface area contributed by atoms with Crippen LogP contribution >= 0.6 is 34.8 Å². The molecule has 0 aliphatic rings. The lowest BCUT2D eigenvalue weighted by molar-refractivity contribution is -0.123. The Morgan fingerprint density at radius 1 is 1.00 bits per heavy atom. The second-order valence-electron chi connectivity index (χ2n) is 4.95. The molecule has 0 saturated heterocycles. The first kappa shape index (κ1) is 19.2. The lowest BCUT2D eigenvalue weighted by Crippen LogP contribution is -2.45. The summed E-state index contributed by atoms with van der Waals surface area (Å²) < 4.78 is 5.36. The number of hydrogen-bond donors (Lipinski definition) is 3. The number of amides is 3. The summed E-state index contributed by atoms with van der Waals surface area (Å²) in [5, 5.41) is 3.74. The Hall–Kier alpha value is -2.15. The summed E-state index contributed by atoms with van der Waals surface area (Å²) in [6.07, 6.45) is 0. The van der Waals surface area contributed by atoms with Gasteiger partial charge in [0.25, 0.3) is 5.91 Å². The van der Waals surface area contributed by atoms with Crippen molar-refractivity contribution in [3.63, 3.8) is 0 Å². The second-order valence-corrected chi connectivity index (χ2v) is 6.21. The number of hydrogen-bond acceptors (Lipinski definition) is 3. The Balaban J connectivity index is 1.77. The van der Waals surface area contributed by atoms with E-state index in [-0.39, 0.29) is 6.61 Å². The highest BCUT2D eigenvalue weighted by molar-refractivity contribution is 6.42. The van der Waals surface area contributed by atoms with Crippen LogP contribution in [0, 0.1) is 6.92 Å². The van der Waals surface area contributed by atoms with Crippen molar-refractivity contribution in [2.75, 3.05) is 11.9 Å². The SMILES string of the molecule is Cc1cc(Cl)ccc1OCC(=O)NNC(=O)Nc1ccc(Cl)c(Cl)c1.